The van der Waals surface area contributed by atoms with Gasteiger partial charge in [0.25, 0.3) is 5.91 Å². The van der Waals surface area contributed by atoms with Gasteiger partial charge in [0.2, 0.25) is 0 Å². The van der Waals surface area contributed by atoms with Crippen LogP contribution < -0.4 is 20.9 Å². The third-order valence-corrected chi connectivity index (χ3v) is 3.71. The molecular weight excluding hydrogens is 318 g/mol. The average molecular weight is 337 g/mol. The number of nitrogen functional groups attached to an aromatic ring is 1. The predicted molar refractivity (Wildman–Crippen MR) is 96.6 cm³/mol. The van der Waals surface area contributed by atoms with Gasteiger partial charge >= 0.3 is 0 Å². The Kier molecular flexibility index (Phi) is 4.70. The molecule has 6 heteroatoms. The lowest BCUT2D eigenvalue weighted by atomic mass is 10.1. The Hall–Kier alpha value is -3.28. The molecule has 0 fully saturated rings. The van der Waals surface area contributed by atoms with Gasteiger partial charge in [-0.05, 0) is 24.6 Å². The fraction of sp³-hybridized carbons (Fsp3) is 0.158. The van der Waals surface area contributed by atoms with E-state index in [1.165, 1.54) is 0 Å². The Morgan fingerprint density at radius 2 is 1.80 bits per heavy atom. The number of nitrogens with zero attached hydrogens (tertiary/aromatic N) is 1. The van der Waals surface area contributed by atoms with E-state index in [0.29, 0.717) is 35.6 Å². The first-order chi connectivity index (χ1) is 12.1. The van der Waals surface area contributed by atoms with Crippen LogP contribution in [-0.2, 0) is 6.61 Å². The van der Waals surface area contributed by atoms with Crippen LogP contribution in [0.3, 0.4) is 0 Å². The zero-order valence-electron chi connectivity index (χ0n) is 13.9. The van der Waals surface area contributed by atoms with Crippen molar-refractivity contribution in [3.05, 3.63) is 59.7 Å². The number of hydrogen-bond donors (Lipinski definition) is 2. The van der Waals surface area contributed by atoms with Crippen molar-refractivity contribution in [1.82, 2.24) is 4.98 Å². The first-order valence-corrected chi connectivity index (χ1v) is 7.92. The number of fused-ring (bicyclic) bond motifs is 1. The highest BCUT2D eigenvalue weighted by molar-refractivity contribution is 6.01. The second-order valence-electron chi connectivity index (χ2n) is 5.48. The Balaban J connectivity index is 1.99. The summed E-state index contributed by atoms with van der Waals surface area (Å²) < 4.78 is 11.6. The molecule has 25 heavy (non-hydrogen) atoms. The number of primary amides is 1. The average Bonchev–Trinajstić information content (AvgIpc) is 2.60. The number of carbonyl (C=O) groups is 1. The molecule has 0 saturated heterocycles. The molecule has 0 unspecified atom stereocenters. The summed E-state index contributed by atoms with van der Waals surface area (Å²) in [6.07, 6.45) is 0. The van der Waals surface area contributed by atoms with Crippen LogP contribution >= 0.6 is 0 Å². The zero-order chi connectivity index (χ0) is 17.8. The molecule has 4 N–H and O–H groups in total. The topological polar surface area (TPSA) is 100 Å². The highest BCUT2D eigenvalue weighted by atomic mass is 16.5. The van der Waals surface area contributed by atoms with Crippen LogP contribution in [-0.4, -0.2) is 17.5 Å². The van der Waals surface area contributed by atoms with Gasteiger partial charge in [-0.3, -0.25) is 4.79 Å². The molecule has 0 spiro atoms. The predicted octanol–water partition coefficient (Wildman–Crippen LogP) is 2.89. The number of hydrogen-bond acceptors (Lipinski definition) is 5. The van der Waals surface area contributed by atoms with Crippen LogP contribution in [0.5, 0.6) is 11.5 Å². The van der Waals surface area contributed by atoms with Gasteiger partial charge in [-0.2, -0.15) is 0 Å². The molecule has 128 valence electrons. The van der Waals surface area contributed by atoms with E-state index in [1.807, 2.05) is 37.3 Å². The van der Waals surface area contributed by atoms with Crippen molar-refractivity contribution in [3.63, 3.8) is 0 Å². The van der Waals surface area contributed by atoms with E-state index in [4.69, 9.17) is 20.9 Å². The Labute approximate surface area is 145 Å². The SMILES string of the molecule is CCOc1cc2cc(C(N)=O)c(N)nc2cc1OCc1ccccc1. The van der Waals surface area contributed by atoms with Gasteiger partial charge in [0.1, 0.15) is 12.4 Å². The largest absolute Gasteiger partial charge is 0.490 e. The highest BCUT2D eigenvalue weighted by Crippen LogP contribution is 2.33. The van der Waals surface area contributed by atoms with Gasteiger partial charge in [0, 0.05) is 11.5 Å². The monoisotopic (exact) mass is 337 g/mol. The summed E-state index contributed by atoms with van der Waals surface area (Å²) in [6, 6.07) is 15.0. The minimum Gasteiger partial charge on any atom is -0.490 e. The number of benzene rings is 2. The van der Waals surface area contributed by atoms with Crippen LogP contribution in [0, 0.1) is 0 Å². The summed E-state index contributed by atoms with van der Waals surface area (Å²) >= 11 is 0. The van der Waals surface area contributed by atoms with Crippen molar-refractivity contribution < 1.29 is 14.3 Å². The Bertz CT molecular complexity index is 911. The molecule has 3 aromatic rings. The van der Waals surface area contributed by atoms with E-state index in [2.05, 4.69) is 4.98 Å². The Morgan fingerprint density at radius 3 is 2.48 bits per heavy atom. The minimum absolute atomic E-state index is 0.0955. The first-order valence-electron chi connectivity index (χ1n) is 7.92. The van der Waals surface area contributed by atoms with Gasteiger partial charge in [-0.25, -0.2) is 4.98 Å². The maximum atomic E-state index is 11.4. The third kappa shape index (κ3) is 3.63. The molecule has 3 rings (SSSR count). The lowest BCUT2D eigenvalue weighted by Crippen LogP contribution is -2.14. The fourth-order valence-corrected chi connectivity index (χ4v) is 2.51. The summed E-state index contributed by atoms with van der Waals surface area (Å²) in [7, 11) is 0. The zero-order valence-corrected chi connectivity index (χ0v) is 13.9. The summed E-state index contributed by atoms with van der Waals surface area (Å²) in [5.41, 5.74) is 13.0. The van der Waals surface area contributed by atoms with E-state index in [1.54, 1.807) is 18.2 Å². The minimum atomic E-state index is -0.616. The van der Waals surface area contributed by atoms with Crippen molar-refractivity contribution in [1.29, 1.82) is 0 Å². The molecule has 0 aliphatic rings. The number of anilines is 1. The van der Waals surface area contributed by atoms with Crippen molar-refractivity contribution in [2.24, 2.45) is 5.73 Å². The van der Waals surface area contributed by atoms with E-state index in [0.717, 1.165) is 5.56 Å². The lowest BCUT2D eigenvalue weighted by Gasteiger charge is -2.14. The van der Waals surface area contributed by atoms with Crippen molar-refractivity contribution >= 4 is 22.6 Å². The smallest absolute Gasteiger partial charge is 0.252 e. The van der Waals surface area contributed by atoms with Crippen molar-refractivity contribution in [3.8, 4) is 11.5 Å². The number of nitrogens with two attached hydrogens (primary N) is 2. The Morgan fingerprint density at radius 1 is 1.08 bits per heavy atom. The van der Waals surface area contributed by atoms with Crippen LogP contribution in [0.4, 0.5) is 5.82 Å². The molecule has 6 nitrogen and oxygen atoms in total. The summed E-state index contributed by atoms with van der Waals surface area (Å²) in [5, 5.41) is 0.707. The molecule has 0 radical (unpaired) electrons. The fourth-order valence-electron chi connectivity index (χ4n) is 2.51. The summed E-state index contributed by atoms with van der Waals surface area (Å²) in [5.74, 6) is 0.622. The van der Waals surface area contributed by atoms with Crippen molar-refractivity contribution in [2.75, 3.05) is 12.3 Å². The number of aromatic nitrogens is 1. The van der Waals surface area contributed by atoms with E-state index in [9.17, 15) is 4.79 Å². The molecule has 2 aromatic carbocycles. The highest BCUT2D eigenvalue weighted by Gasteiger charge is 2.13. The van der Waals surface area contributed by atoms with Crippen LogP contribution in [0.15, 0.2) is 48.5 Å². The third-order valence-electron chi connectivity index (χ3n) is 3.71. The van der Waals surface area contributed by atoms with Crippen LogP contribution in [0.2, 0.25) is 0 Å². The van der Waals surface area contributed by atoms with Crippen LogP contribution in [0.25, 0.3) is 10.9 Å². The van der Waals surface area contributed by atoms with Gasteiger partial charge in [-0.1, -0.05) is 30.3 Å². The molecular formula is C19H19N3O3. The quantitative estimate of drug-likeness (QED) is 0.720. The summed E-state index contributed by atoms with van der Waals surface area (Å²) in [6.45, 7) is 2.78. The van der Waals surface area contributed by atoms with E-state index < -0.39 is 5.91 Å². The number of pyridine rings is 1. The van der Waals surface area contributed by atoms with Gasteiger partial charge < -0.3 is 20.9 Å². The number of rotatable bonds is 6. The summed E-state index contributed by atoms with van der Waals surface area (Å²) in [4.78, 5) is 15.7. The molecule has 0 bridgehead atoms. The maximum absolute atomic E-state index is 11.4. The molecule has 1 aromatic heterocycles. The molecule has 1 amide bonds. The first kappa shape index (κ1) is 16.6. The van der Waals surface area contributed by atoms with E-state index in [-0.39, 0.29) is 11.4 Å². The van der Waals surface area contributed by atoms with Gasteiger partial charge in [0.15, 0.2) is 11.5 Å². The molecule has 0 atom stereocenters. The second kappa shape index (κ2) is 7.09. The number of amides is 1. The van der Waals surface area contributed by atoms with Gasteiger partial charge in [-0.15, -0.1) is 0 Å². The number of ether oxygens (including phenoxy) is 2. The second-order valence-corrected chi connectivity index (χ2v) is 5.48. The molecule has 0 saturated carbocycles. The number of carbonyl (C=O) groups excluding carboxylic acids is 1. The van der Waals surface area contributed by atoms with Gasteiger partial charge in [0.05, 0.1) is 17.7 Å². The van der Waals surface area contributed by atoms with Crippen LogP contribution in [0.1, 0.15) is 22.8 Å². The van der Waals surface area contributed by atoms with Crippen molar-refractivity contribution in [2.45, 2.75) is 13.5 Å². The molecule has 0 aliphatic heterocycles. The lowest BCUT2D eigenvalue weighted by molar-refractivity contribution is 0.100. The maximum Gasteiger partial charge on any atom is 0.252 e. The molecule has 1 heterocycles. The molecule has 0 aliphatic carbocycles. The van der Waals surface area contributed by atoms with E-state index >= 15 is 0 Å². The standard InChI is InChI=1S/C19H19N3O3/c1-2-24-16-9-13-8-14(19(21)23)18(20)22-15(13)10-17(16)25-11-12-6-4-3-5-7-12/h3-10H,2,11H2,1H3,(H2,20,22)(H2,21,23). The normalized spacial score (nSPS) is 10.6.